The van der Waals surface area contributed by atoms with Gasteiger partial charge in [0.15, 0.2) is 17.7 Å². The van der Waals surface area contributed by atoms with Crippen LogP contribution in [0.4, 0.5) is 0 Å². The Morgan fingerprint density at radius 3 is 2.57 bits per heavy atom. The van der Waals surface area contributed by atoms with Gasteiger partial charge in [-0.1, -0.05) is 35.5 Å². The van der Waals surface area contributed by atoms with Crippen molar-refractivity contribution >= 4 is 0 Å². The molecule has 3 aromatic rings. The van der Waals surface area contributed by atoms with E-state index in [1.165, 1.54) is 10.9 Å². The largest absolute Gasteiger partial charge is 0.506 e. The van der Waals surface area contributed by atoms with Crippen molar-refractivity contribution in [2.24, 2.45) is 0 Å². The zero-order valence-corrected chi connectivity index (χ0v) is 15.7. The van der Waals surface area contributed by atoms with Gasteiger partial charge >= 0.3 is 5.69 Å². The molecule has 1 aliphatic heterocycles. The van der Waals surface area contributed by atoms with Crippen LogP contribution >= 0.6 is 0 Å². The predicted molar refractivity (Wildman–Crippen MR) is 103 cm³/mol. The molecule has 0 aliphatic carbocycles. The van der Waals surface area contributed by atoms with Crippen LogP contribution < -0.4 is 11.2 Å². The monoisotopic (exact) mass is 413 g/mol. The molecule has 0 spiro atoms. The first kappa shape index (κ1) is 19.6. The zero-order valence-electron chi connectivity index (χ0n) is 15.7. The average molecular weight is 413 g/mol. The number of benzene rings is 1. The molecule has 0 fully saturated rings. The Morgan fingerprint density at radius 1 is 1.10 bits per heavy atom. The average Bonchev–Trinajstić information content (AvgIpc) is 3.29. The van der Waals surface area contributed by atoms with Crippen LogP contribution in [0.15, 0.2) is 63.8 Å². The lowest BCUT2D eigenvalue weighted by molar-refractivity contribution is -0.0370. The molecule has 1 aromatic carbocycles. The first-order valence-corrected chi connectivity index (χ1v) is 9.12. The van der Waals surface area contributed by atoms with Crippen molar-refractivity contribution in [3.05, 3.63) is 91.9 Å². The Morgan fingerprint density at radius 2 is 1.87 bits per heavy atom. The molecule has 2 aromatic heterocycles. The maximum absolute atomic E-state index is 12.2. The van der Waals surface area contributed by atoms with Gasteiger partial charge in [-0.2, -0.15) is 0 Å². The van der Waals surface area contributed by atoms with Crippen molar-refractivity contribution in [2.75, 3.05) is 6.61 Å². The number of ether oxygens (including phenoxy) is 1. The lowest BCUT2D eigenvalue weighted by Gasteiger charge is -2.16. The lowest BCUT2D eigenvalue weighted by atomic mass is 10.1. The van der Waals surface area contributed by atoms with Gasteiger partial charge in [-0.25, -0.2) is 9.48 Å². The van der Waals surface area contributed by atoms with E-state index in [-0.39, 0.29) is 12.1 Å². The summed E-state index contributed by atoms with van der Waals surface area (Å²) in [4.78, 5) is 26.6. The van der Waals surface area contributed by atoms with E-state index in [1.807, 2.05) is 30.3 Å². The second-order valence-corrected chi connectivity index (χ2v) is 6.82. The molecule has 3 heterocycles. The smallest absolute Gasteiger partial charge is 0.330 e. The zero-order chi connectivity index (χ0) is 21.3. The third-order valence-corrected chi connectivity index (χ3v) is 4.70. The second kappa shape index (κ2) is 7.97. The SMILES string of the molecule is O=c1[nH]c(=O)n([C@@H]2O[C@H](CO)C(O)=C2O)cc1Cn1cc(Cc2ccccc2)nn1. The van der Waals surface area contributed by atoms with E-state index >= 15 is 0 Å². The van der Waals surface area contributed by atoms with Crippen LogP contribution in [-0.2, 0) is 17.7 Å². The molecule has 0 bridgehead atoms. The summed E-state index contributed by atoms with van der Waals surface area (Å²) in [6.07, 6.45) is 0.961. The topological polar surface area (TPSA) is 155 Å². The standard InChI is InChI=1S/C19H19N5O6/c25-10-14-15(26)16(27)18(30-14)24-8-12(17(28)20-19(24)29)7-23-9-13(21-22-23)6-11-4-2-1-3-5-11/h1-5,8-9,14,18,25-27H,6-7,10H2,(H,20,28,29)/t14-,18-/m1/s1. The molecular weight excluding hydrogens is 394 g/mol. The Kier molecular flexibility index (Phi) is 5.21. The second-order valence-electron chi connectivity index (χ2n) is 6.82. The number of nitrogens with one attached hydrogen (secondary N) is 1. The number of nitrogens with zero attached hydrogens (tertiary/aromatic N) is 4. The van der Waals surface area contributed by atoms with Crippen LogP contribution in [0.3, 0.4) is 0 Å². The highest BCUT2D eigenvalue weighted by Crippen LogP contribution is 2.30. The van der Waals surface area contributed by atoms with Crippen molar-refractivity contribution in [3.8, 4) is 0 Å². The van der Waals surface area contributed by atoms with E-state index in [0.29, 0.717) is 12.1 Å². The van der Waals surface area contributed by atoms with Crippen LogP contribution in [0, 0.1) is 0 Å². The Hall–Kier alpha value is -3.70. The number of hydrogen-bond donors (Lipinski definition) is 4. The molecule has 156 valence electrons. The maximum atomic E-state index is 12.2. The number of aromatic amines is 1. The molecule has 11 heteroatoms. The van der Waals surface area contributed by atoms with Gasteiger partial charge in [-0.05, 0) is 5.56 Å². The molecule has 0 saturated carbocycles. The summed E-state index contributed by atoms with van der Waals surface area (Å²) in [6, 6.07) is 9.71. The summed E-state index contributed by atoms with van der Waals surface area (Å²) in [6.45, 7) is -0.565. The Balaban J connectivity index is 1.58. The molecule has 30 heavy (non-hydrogen) atoms. The fourth-order valence-electron chi connectivity index (χ4n) is 3.19. The van der Waals surface area contributed by atoms with E-state index in [4.69, 9.17) is 4.74 Å². The summed E-state index contributed by atoms with van der Waals surface area (Å²) in [7, 11) is 0. The van der Waals surface area contributed by atoms with E-state index in [2.05, 4.69) is 15.3 Å². The first-order chi connectivity index (χ1) is 14.5. The minimum absolute atomic E-state index is 0.0179. The van der Waals surface area contributed by atoms with Gasteiger partial charge in [0.05, 0.1) is 24.4 Å². The highest BCUT2D eigenvalue weighted by atomic mass is 16.6. The number of aliphatic hydroxyl groups excluding tert-OH is 3. The van der Waals surface area contributed by atoms with Gasteiger partial charge in [-0.3, -0.25) is 14.3 Å². The number of hydrogen-bond acceptors (Lipinski definition) is 8. The summed E-state index contributed by atoms with van der Waals surface area (Å²) in [5.74, 6) is -1.18. The van der Waals surface area contributed by atoms with Crippen molar-refractivity contribution in [3.63, 3.8) is 0 Å². The molecule has 4 N–H and O–H groups in total. The normalized spacial score (nSPS) is 18.8. The fraction of sp³-hybridized carbons (Fsp3) is 0.263. The van der Waals surface area contributed by atoms with E-state index in [0.717, 1.165) is 10.1 Å². The summed E-state index contributed by atoms with van der Waals surface area (Å²) >= 11 is 0. The highest BCUT2D eigenvalue weighted by molar-refractivity contribution is 5.20. The molecule has 0 unspecified atom stereocenters. The van der Waals surface area contributed by atoms with Crippen molar-refractivity contribution < 1.29 is 20.1 Å². The van der Waals surface area contributed by atoms with Crippen LogP contribution in [0.25, 0.3) is 0 Å². The maximum Gasteiger partial charge on any atom is 0.330 e. The van der Waals surface area contributed by atoms with E-state index in [9.17, 15) is 24.9 Å². The Labute approximate surface area is 169 Å². The van der Waals surface area contributed by atoms with E-state index in [1.54, 1.807) is 6.20 Å². The summed E-state index contributed by atoms with van der Waals surface area (Å²) < 4.78 is 7.69. The van der Waals surface area contributed by atoms with Gasteiger partial charge in [0.1, 0.15) is 6.10 Å². The number of aliphatic hydroxyl groups is 3. The van der Waals surface area contributed by atoms with Crippen LogP contribution in [0.1, 0.15) is 23.0 Å². The molecule has 0 saturated heterocycles. The third-order valence-electron chi connectivity index (χ3n) is 4.70. The fourth-order valence-corrected chi connectivity index (χ4v) is 3.19. The summed E-state index contributed by atoms with van der Waals surface area (Å²) in [5, 5.41) is 37.1. The van der Waals surface area contributed by atoms with Crippen molar-refractivity contribution in [1.82, 2.24) is 24.5 Å². The quantitative estimate of drug-likeness (QED) is 0.440. The van der Waals surface area contributed by atoms with Crippen LogP contribution in [-0.4, -0.2) is 52.6 Å². The van der Waals surface area contributed by atoms with Gasteiger partial charge < -0.3 is 20.1 Å². The minimum atomic E-state index is -1.37. The number of aromatic nitrogens is 5. The van der Waals surface area contributed by atoms with Crippen LogP contribution in [0.5, 0.6) is 0 Å². The molecule has 11 nitrogen and oxygen atoms in total. The van der Waals surface area contributed by atoms with Gasteiger partial charge in [-0.15, -0.1) is 5.10 Å². The molecular formula is C19H19N5O6. The number of H-pyrrole nitrogens is 1. The third kappa shape index (κ3) is 3.75. The molecule has 0 amide bonds. The molecule has 4 rings (SSSR count). The van der Waals surface area contributed by atoms with Gasteiger partial charge in [0.2, 0.25) is 0 Å². The van der Waals surface area contributed by atoms with Crippen molar-refractivity contribution in [2.45, 2.75) is 25.3 Å². The predicted octanol–water partition coefficient (Wildman–Crippen LogP) is -0.0155. The van der Waals surface area contributed by atoms with Crippen LogP contribution in [0.2, 0.25) is 0 Å². The van der Waals surface area contributed by atoms with E-state index < -0.39 is 41.7 Å². The minimum Gasteiger partial charge on any atom is -0.506 e. The molecule has 1 aliphatic rings. The van der Waals surface area contributed by atoms with Crippen molar-refractivity contribution in [1.29, 1.82) is 0 Å². The molecule has 0 radical (unpaired) electrons. The highest BCUT2D eigenvalue weighted by Gasteiger charge is 2.36. The number of rotatable bonds is 6. The van der Waals surface area contributed by atoms with Gasteiger partial charge in [0.25, 0.3) is 5.56 Å². The molecule has 2 atom stereocenters. The first-order valence-electron chi connectivity index (χ1n) is 9.12. The Bertz CT molecular complexity index is 1200. The lowest BCUT2D eigenvalue weighted by Crippen LogP contribution is -2.35. The summed E-state index contributed by atoms with van der Waals surface area (Å²) in [5.41, 5.74) is 0.473. The van der Waals surface area contributed by atoms with Gasteiger partial charge in [0, 0.05) is 18.8 Å².